The summed E-state index contributed by atoms with van der Waals surface area (Å²) in [6.07, 6.45) is 6.16. The van der Waals surface area contributed by atoms with Crippen LogP contribution in [0.4, 0.5) is 0 Å². The fraction of sp³-hybridized carbons (Fsp3) is 0.133. The van der Waals surface area contributed by atoms with E-state index in [2.05, 4.69) is 32.3 Å². The number of rotatable bonds is 6. The molecule has 0 bridgehead atoms. The molecule has 0 saturated carbocycles. The van der Waals surface area contributed by atoms with Gasteiger partial charge in [0.1, 0.15) is 11.4 Å². The average molecular weight is 608 g/mol. The van der Waals surface area contributed by atoms with Crippen LogP contribution in [0.25, 0.3) is 22.2 Å². The molecule has 0 radical (unpaired) electrons. The van der Waals surface area contributed by atoms with Crippen molar-refractivity contribution in [2.75, 3.05) is 0 Å². The normalized spacial score (nSPS) is 12.2. The number of hydrogen-bond donors (Lipinski definition) is 2. The van der Waals surface area contributed by atoms with Crippen molar-refractivity contribution >= 4 is 32.5 Å². The summed E-state index contributed by atoms with van der Waals surface area (Å²) in [6.45, 7) is 3.48. The van der Waals surface area contributed by atoms with Crippen molar-refractivity contribution in [3.8, 4) is 17.5 Å². The zero-order valence-corrected chi connectivity index (χ0v) is 24.4. The molecule has 13 nitrogen and oxygen atoms in total. The number of hydrogen-bond acceptors (Lipinski definition) is 8. The molecule has 0 spiro atoms. The van der Waals surface area contributed by atoms with Crippen LogP contribution >= 0.6 is 0 Å². The monoisotopic (exact) mass is 607 g/mol. The summed E-state index contributed by atoms with van der Waals surface area (Å²) in [5.74, 6) is 5.36. The Morgan fingerprint density at radius 3 is 2.66 bits per heavy atom. The fourth-order valence-electron chi connectivity index (χ4n) is 4.89. The van der Waals surface area contributed by atoms with Gasteiger partial charge in [-0.05, 0) is 44.2 Å². The number of sulfonamides is 1. The topological polar surface area (TPSA) is 172 Å². The molecule has 0 aliphatic carbocycles. The van der Waals surface area contributed by atoms with E-state index >= 15 is 0 Å². The van der Waals surface area contributed by atoms with Crippen molar-refractivity contribution in [3.63, 3.8) is 0 Å². The number of primary sulfonamides is 1. The Morgan fingerprint density at radius 2 is 1.89 bits per heavy atom. The zero-order chi connectivity index (χ0) is 31.0. The lowest BCUT2D eigenvalue weighted by Gasteiger charge is -2.20. The van der Waals surface area contributed by atoms with Gasteiger partial charge in [0, 0.05) is 24.2 Å². The molecule has 3 N–H and O–H groups in total. The molecule has 6 rings (SSSR count). The summed E-state index contributed by atoms with van der Waals surface area (Å²) >= 11 is 0. The highest BCUT2D eigenvalue weighted by molar-refractivity contribution is 7.88. The maximum atomic E-state index is 14.2. The van der Waals surface area contributed by atoms with E-state index in [4.69, 9.17) is 10.1 Å². The van der Waals surface area contributed by atoms with Gasteiger partial charge in [0.15, 0.2) is 11.5 Å². The van der Waals surface area contributed by atoms with Gasteiger partial charge in [-0.3, -0.25) is 18.8 Å². The van der Waals surface area contributed by atoms with Crippen LogP contribution in [-0.4, -0.2) is 48.3 Å². The smallest absolute Gasteiger partial charge is 0.267 e. The van der Waals surface area contributed by atoms with Gasteiger partial charge >= 0.3 is 0 Å². The van der Waals surface area contributed by atoms with Gasteiger partial charge < -0.3 is 5.32 Å². The summed E-state index contributed by atoms with van der Waals surface area (Å²) in [6, 6.07) is 15.2. The summed E-state index contributed by atoms with van der Waals surface area (Å²) < 4.78 is 26.9. The second kappa shape index (κ2) is 11.2. The van der Waals surface area contributed by atoms with Crippen LogP contribution in [0.15, 0.2) is 84.2 Å². The molecule has 4 heterocycles. The van der Waals surface area contributed by atoms with Crippen LogP contribution in [-0.2, 0) is 15.9 Å². The lowest BCUT2D eigenvalue weighted by Crippen LogP contribution is -2.33. The molecule has 220 valence electrons. The number of nitrogens with one attached hydrogen (secondary N) is 1. The van der Waals surface area contributed by atoms with E-state index < -0.39 is 27.8 Å². The van der Waals surface area contributed by atoms with Crippen molar-refractivity contribution in [1.29, 1.82) is 0 Å². The molecule has 0 aliphatic rings. The minimum Gasteiger partial charge on any atom is -0.342 e. The van der Waals surface area contributed by atoms with Crippen molar-refractivity contribution in [2.24, 2.45) is 5.14 Å². The van der Waals surface area contributed by atoms with Gasteiger partial charge in [0.05, 0.1) is 40.1 Å². The van der Waals surface area contributed by atoms with Crippen molar-refractivity contribution in [1.82, 2.24) is 39.2 Å². The van der Waals surface area contributed by atoms with Gasteiger partial charge in [0.2, 0.25) is 10.0 Å². The number of amides is 1. The first-order valence-electron chi connectivity index (χ1n) is 13.4. The summed E-state index contributed by atoms with van der Waals surface area (Å²) in [4.78, 5) is 36.8. The molecule has 1 atom stereocenters. The average Bonchev–Trinajstić information content (AvgIpc) is 3.57. The predicted molar refractivity (Wildman–Crippen MR) is 162 cm³/mol. The fourth-order valence-corrected chi connectivity index (χ4v) is 5.40. The number of aryl methyl sites for hydroxylation is 1. The summed E-state index contributed by atoms with van der Waals surface area (Å²) in [7, 11) is -3.77. The minimum absolute atomic E-state index is 0.283. The highest BCUT2D eigenvalue weighted by atomic mass is 32.2. The molecule has 4 aromatic heterocycles. The molecule has 44 heavy (non-hydrogen) atoms. The van der Waals surface area contributed by atoms with Crippen LogP contribution in [0.1, 0.15) is 46.0 Å². The molecular formula is C30H25N9O4S. The van der Waals surface area contributed by atoms with E-state index in [0.29, 0.717) is 45.1 Å². The van der Waals surface area contributed by atoms with Crippen LogP contribution in [0, 0.1) is 18.8 Å². The molecule has 14 heteroatoms. The highest BCUT2D eigenvalue weighted by Crippen LogP contribution is 2.21. The third-order valence-electron chi connectivity index (χ3n) is 6.76. The van der Waals surface area contributed by atoms with Crippen LogP contribution < -0.4 is 16.0 Å². The third-order valence-corrected chi connectivity index (χ3v) is 7.38. The van der Waals surface area contributed by atoms with Crippen molar-refractivity contribution in [3.05, 3.63) is 118 Å². The Hall–Kier alpha value is -5.65. The van der Waals surface area contributed by atoms with Crippen molar-refractivity contribution < 1.29 is 13.2 Å². The van der Waals surface area contributed by atoms with Gasteiger partial charge in [-0.2, -0.15) is 10.2 Å². The minimum atomic E-state index is -3.77. The van der Waals surface area contributed by atoms with E-state index in [1.54, 1.807) is 74.8 Å². The number of aromatic nitrogens is 7. The molecule has 2 aromatic carbocycles. The molecule has 1 unspecified atom stereocenters. The Labute approximate surface area is 251 Å². The van der Waals surface area contributed by atoms with Crippen molar-refractivity contribution in [2.45, 2.75) is 25.8 Å². The summed E-state index contributed by atoms with van der Waals surface area (Å²) in [5.41, 5.74) is 2.69. The number of fused-ring (bicyclic) bond motifs is 2. The van der Waals surface area contributed by atoms with Gasteiger partial charge in [-0.1, -0.05) is 36.1 Å². The number of para-hydroxylation sites is 1. The van der Waals surface area contributed by atoms with E-state index in [1.807, 2.05) is 6.07 Å². The van der Waals surface area contributed by atoms with Crippen LogP contribution in [0.2, 0.25) is 0 Å². The summed E-state index contributed by atoms with van der Waals surface area (Å²) in [5, 5.41) is 16.7. The maximum Gasteiger partial charge on any atom is 0.267 e. The SMILES string of the molecule is Cc1nn2cccnc2c1C(=O)NC(C)c1nc2cccc(C#Cc3cnn(CS(N)(=O)=O)c3)c2c(=O)n1-c1ccccc1. The third kappa shape index (κ3) is 5.56. The van der Waals surface area contributed by atoms with E-state index in [0.717, 1.165) is 0 Å². The molecule has 0 aliphatic heterocycles. The first kappa shape index (κ1) is 28.5. The second-order valence-electron chi connectivity index (χ2n) is 10.00. The van der Waals surface area contributed by atoms with E-state index in [-0.39, 0.29) is 10.9 Å². The standard InChI is InChI=1S/C30H25N9O4S/c1-19-25(28-32-14-7-15-38(28)36-19)29(40)34-20(2)27-35-24-11-6-8-22(13-12-21-16-33-37(17-21)18-44(31,42)43)26(24)30(41)39(27)23-9-4-3-5-10-23/h3-11,14-17,20H,18H2,1-2H3,(H,34,40)(H2,31,42,43). The highest BCUT2D eigenvalue weighted by Gasteiger charge is 2.24. The van der Waals surface area contributed by atoms with Crippen LogP contribution in [0.5, 0.6) is 0 Å². The Bertz CT molecular complexity index is 2300. The number of nitrogens with two attached hydrogens (primary N) is 1. The molecular weight excluding hydrogens is 582 g/mol. The lowest BCUT2D eigenvalue weighted by atomic mass is 10.1. The van der Waals surface area contributed by atoms with E-state index in [1.165, 1.54) is 26.2 Å². The van der Waals surface area contributed by atoms with Gasteiger partial charge in [-0.15, -0.1) is 0 Å². The molecule has 0 fully saturated rings. The zero-order valence-electron chi connectivity index (χ0n) is 23.5. The molecule has 0 saturated heterocycles. The van der Waals surface area contributed by atoms with Gasteiger partial charge in [0.25, 0.3) is 11.5 Å². The number of carbonyl (C=O) groups is 1. The molecule has 6 aromatic rings. The maximum absolute atomic E-state index is 14.2. The largest absolute Gasteiger partial charge is 0.342 e. The number of nitrogens with zero attached hydrogens (tertiary/aromatic N) is 7. The Balaban J connectivity index is 1.43. The quantitative estimate of drug-likeness (QED) is 0.271. The molecule has 1 amide bonds. The first-order valence-corrected chi connectivity index (χ1v) is 15.1. The Kier molecular flexibility index (Phi) is 7.25. The second-order valence-corrected chi connectivity index (χ2v) is 11.6. The number of benzene rings is 2. The lowest BCUT2D eigenvalue weighted by molar-refractivity contribution is 0.0938. The van der Waals surface area contributed by atoms with Gasteiger partial charge in [-0.25, -0.2) is 28.0 Å². The number of carbonyl (C=O) groups excluding carboxylic acids is 1. The predicted octanol–water partition coefficient (Wildman–Crippen LogP) is 2.07. The Morgan fingerprint density at radius 1 is 1.09 bits per heavy atom. The van der Waals surface area contributed by atoms with E-state index in [9.17, 15) is 18.0 Å². The first-order chi connectivity index (χ1) is 21.1. The van der Waals surface area contributed by atoms with Crippen LogP contribution in [0.3, 0.4) is 0 Å².